The van der Waals surface area contributed by atoms with E-state index in [2.05, 4.69) is 32.0 Å². The van der Waals surface area contributed by atoms with Gasteiger partial charge in [0.05, 0.1) is 30.4 Å². The summed E-state index contributed by atoms with van der Waals surface area (Å²) in [6.07, 6.45) is 3.07. The van der Waals surface area contributed by atoms with Gasteiger partial charge in [0.2, 0.25) is 0 Å². The summed E-state index contributed by atoms with van der Waals surface area (Å²) in [6.45, 7) is 4.25. The number of carbonyl (C=O) groups is 1. The van der Waals surface area contributed by atoms with E-state index in [-0.39, 0.29) is 18.0 Å². The Morgan fingerprint density at radius 1 is 1.04 bits per heavy atom. The van der Waals surface area contributed by atoms with Crippen molar-refractivity contribution in [3.63, 3.8) is 0 Å². The first kappa shape index (κ1) is 18.6. The molecule has 0 radical (unpaired) electrons. The SMILES string of the molecule is CN1CCN(CC(=O)Cc2cc3cc(-c4cncc(F)c4)ccc3nn2)CC1. The maximum Gasteiger partial charge on any atom is 0.152 e. The second-order valence-corrected chi connectivity index (χ2v) is 7.30. The molecular formula is C21H22FN5O. The Bertz CT molecular complexity index is 1000. The van der Waals surface area contributed by atoms with Gasteiger partial charge in [-0.2, -0.15) is 10.2 Å². The monoisotopic (exact) mass is 379 g/mol. The Balaban J connectivity index is 1.49. The van der Waals surface area contributed by atoms with Gasteiger partial charge in [0.15, 0.2) is 5.78 Å². The van der Waals surface area contributed by atoms with Crippen LogP contribution in [0.3, 0.4) is 0 Å². The Morgan fingerprint density at radius 2 is 1.86 bits per heavy atom. The highest BCUT2D eigenvalue weighted by atomic mass is 19.1. The number of rotatable bonds is 5. The van der Waals surface area contributed by atoms with Crippen LogP contribution in [0.2, 0.25) is 0 Å². The van der Waals surface area contributed by atoms with Crippen LogP contribution < -0.4 is 0 Å². The smallest absolute Gasteiger partial charge is 0.152 e. The Morgan fingerprint density at radius 3 is 2.64 bits per heavy atom. The Kier molecular flexibility index (Phi) is 5.36. The van der Waals surface area contributed by atoms with Crippen LogP contribution in [-0.4, -0.2) is 70.5 Å². The number of benzene rings is 1. The molecule has 0 unspecified atom stereocenters. The van der Waals surface area contributed by atoms with Crippen molar-refractivity contribution in [1.29, 1.82) is 0 Å². The van der Waals surface area contributed by atoms with E-state index >= 15 is 0 Å². The van der Waals surface area contributed by atoms with Gasteiger partial charge in [-0.05, 0) is 36.9 Å². The highest BCUT2D eigenvalue weighted by Gasteiger charge is 2.17. The number of fused-ring (bicyclic) bond motifs is 1. The molecule has 1 saturated heterocycles. The summed E-state index contributed by atoms with van der Waals surface area (Å²) in [5, 5.41) is 9.30. The number of piperazine rings is 1. The first-order valence-corrected chi connectivity index (χ1v) is 9.37. The fourth-order valence-electron chi connectivity index (χ4n) is 3.44. The third kappa shape index (κ3) is 4.37. The molecule has 3 aromatic rings. The van der Waals surface area contributed by atoms with Crippen LogP contribution >= 0.6 is 0 Å². The van der Waals surface area contributed by atoms with E-state index < -0.39 is 0 Å². The lowest BCUT2D eigenvalue weighted by atomic mass is 10.0. The van der Waals surface area contributed by atoms with E-state index in [9.17, 15) is 9.18 Å². The molecule has 4 rings (SSSR count). The molecule has 0 atom stereocenters. The number of nitrogens with zero attached hydrogens (tertiary/aromatic N) is 5. The fourth-order valence-corrected chi connectivity index (χ4v) is 3.44. The van der Waals surface area contributed by atoms with Crippen LogP contribution in [0.1, 0.15) is 5.69 Å². The minimum Gasteiger partial charge on any atom is -0.304 e. The van der Waals surface area contributed by atoms with Gasteiger partial charge < -0.3 is 4.90 Å². The van der Waals surface area contributed by atoms with Crippen molar-refractivity contribution < 1.29 is 9.18 Å². The lowest BCUT2D eigenvalue weighted by molar-refractivity contribution is -0.120. The van der Waals surface area contributed by atoms with E-state index in [1.807, 2.05) is 24.3 Å². The molecule has 3 heterocycles. The molecule has 0 aliphatic carbocycles. The number of hydrogen-bond acceptors (Lipinski definition) is 6. The molecule has 2 aromatic heterocycles. The molecule has 0 N–H and O–H groups in total. The highest BCUT2D eigenvalue weighted by Crippen LogP contribution is 2.23. The zero-order chi connectivity index (χ0) is 19.5. The van der Waals surface area contributed by atoms with E-state index in [1.54, 1.807) is 6.20 Å². The van der Waals surface area contributed by atoms with Gasteiger partial charge in [0.25, 0.3) is 0 Å². The third-order valence-electron chi connectivity index (χ3n) is 5.05. The van der Waals surface area contributed by atoms with Crippen LogP contribution in [0.4, 0.5) is 4.39 Å². The summed E-state index contributed by atoms with van der Waals surface area (Å²) in [5.74, 6) is -0.232. The average Bonchev–Trinajstić information content (AvgIpc) is 2.69. The van der Waals surface area contributed by atoms with Gasteiger partial charge in [-0.3, -0.25) is 14.7 Å². The van der Waals surface area contributed by atoms with E-state index in [1.165, 1.54) is 12.3 Å². The number of likely N-dealkylation sites (N-methyl/N-ethyl adjacent to an activating group) is 1. The van der Waals surface area contributed by atoms with Crippen molar-refractivity contribution in [2.45, 2.75) is 6.42 Å². The normalized spacial score (nSPS) is 15.8. The van der Waals surface area contributed by atoms with Crippen molar-refractivity contribution in [2.24, 2.45) is 0 Å². The third-order valence-corrected chi connectivity index (χ3v) is 5.05. The molecule has 7 heteroatoms. The molecular weight excluding hydrogens is 357 g/mol. The molecule has 0 saturated carbocycles. The first-order chi connectivity index (χ1) is 13.6. The molecule has 6 nitrogen and oxygen atoms in total. The molecule has 1 aromatic carbocycles. The zero-order valence-electron chi connectivity index (χ0n) is 15.8. The number of ketones is 1. The van der Waals surface area contributed by atoms with E-state index in [0.29, 0.717) is 17.8 Å². The predicted molar refractivity (Wildman–Crippen MR) is 105 cm³/mol. The van der Waals surface area contributed by atoms with Crippen molar-refractivity contribution in [3.05, 3.63) is 54.2 Å². The zero-order valence-corrected chi connectivity index (χ0v) is 15.8. The van der Waals surface area contributed by atoms with Crippen LogP contribution in [0.15, 0.2) is 42.7 Å². The van der Waals surface area contributed by atoms with E-state index in [0.717, 1.165) is 42.6 Å². The molecule has 0 amide bonds. The maximum absolute atomic E-state index is 13.5. The minimum atomic E-state index is -0.374. The average molecular weight is 379 g/mol. The molecule has 1 aliphatic rings. The number of aromatic nitrogens is 3. The summed E-state index contributed by atoms with van der Waals surface area (Å²) in [7, 11) is 2.10. The van der Waals surface area contributed by atoms with Gasteiger partial charge >= 0.3 is 0 Å². The Labute approximate surface area is 163 Å². The minimum absolute atomic E-state index is 0.142. The van der Waals surface area contributed by atoms with Crippen molar-refractivity contribution >= 4 is 16.7 Å². The molecule has 0 bridgehead atoms. The summed E-state index contributed by atoms with van der Waals surface area (Å²) in [6, 6.07) is 8.97. The fraction of sp³-hybridized carbons (Fsp3) is 0.333. The number of carbonyl (C=O) groups excluding carboxylic acids is 1. The second-order valence-electron chi connectivity index (χ2n) is 7.30. The van der Waals surface area contributed by atoms with Gasteiger partial charge in [-0.1, -0.05) is 6.07 Å². The summed E-state index contributed by atoms with van der Waals surface area (Å²) < 4.78 is 13.5. The standard InChI is InChI=1S/C21H22FN5O/c1-26-4-6-27(7-5-26)14-20(28)11-19-10-16-8-15(2-3-21(16)25-24-19)17-9-18(22)13-23-12-17/h2-3,8-10,12-13H,4-7,11,14H2,1H3. The van der Waals surface area contributed by atoms with Crippen LogP contribution in [0.25, 0.3) is 22.0 Å². The van der Waals surface area contributed by atoms with Crippen LogP contribution in [0, 0.1) is 5.82 Å². The lowest BCUT2D eigenvalue weighted by Crippen LogP contribution is -2.46. The van der Waals surface area contributed by atoms with Gasteiger partial charge in [0.1, 0.15) is 5.82 Å². The molecule has 0 spiro atoms. The molecule has 144 valence electrons. The first-order valence-electron chi connectivity index (χ1n) is 9.37. The summed E-state index contributed by atoms with van der Waals surface area (Å²) in [4.78, 5) is 20.8. The summed E-state index contributed by atoms with van der Waals surface area (Å²) in [5.41, 5.74) is 2.94. The van der Waals surface area contributed by atoms with Gasteiger partial charge in [0, 0.05) is 43.3 Å². The molecule has 1 aliphatic heterocycles. The quantitative estimate of drug-likeness (QED) is 0.677. The lowest BCUT2D eigenvalue weighted by Gasteiger charge is -2.31. The van der Waals surface area contributed by atoms with Crippen LogP contribution in [-0.2, 0) is 11.2 Å². The predicted octanol–water partition coefficient (Wildman–Crippen LogP) is 2.19. The number of halogens is 1. The number of Topliss-reactive ketones (excluding diaryl/α,β-unsaturated/α-hetero) is 1. The Hall–Kier alpha value is -2.77. The topological polar surface area (TPSA) is 62.2 Å². The summed E-state index contributed by atoms with van der Waals surface area (Å²) >= 11 is 0. The maximum atomic E-state index is 13.5. The largest absolute Gasteiger partial charge is 0.304 e. The van der Waals surface area contributed by atoms with Crippen molar-refractivity contribution in [2.75, 3.05) is 39.8 Å². The number of pyridine rings is 1. The number of hydrogen-bond donors (Lipinski definition) is 0. The highest BCUT2D eigenvalue weighted by molar-refractivity contribution is 5.86. The van der Waals surface area contributed by atoms with Crippen molar-refractivity contribution in [1.82, 2.24) is 25.0 Å². The van der Waals surface area contributed by atoms with Gasteiger partial charge in [-0.25, -0.2) is 4.39 Å². The van der Waals surface area contributed by atoms with Crippen molar-refractivity contribution in [3.8, 4) is 11.1 Å². The second kappa shape index (κ2) is 8.08. The van der Waals surface area contributed by atoms with E-state index in [4.69, 9.17) is 0 Å². The van der Waals surface area contributed by atoms with Gasteiger partial charge in [-0.15, -0.1) is 0 Å². The van der Waals surface area contributed by atoms with Crippen LogP contribution in [0.5, 0.6) is 0 Å². The molecule has 1 fully saturated rings. The molecule has 28 heavy (non-hydrogen) atoms.